The number of thioether (sulfide) groups is 1. The predicted octanol–water partition coefficient (Wildman–Crippen LogP) is 2.93. The molecular weight excluding hydrogens is 310 g/mol. The molecule has 23 heavy (non-hydrogen) atoms. The number of amides is 1. The third kappa shape index (κ3) is 4.98. The third-order valence-corrected chi connectivity index (χ3v) is 5.53. The molecule has 5 nitrogen and oxygen atoms in total. The molecule has 2 heterocycles. The molecule has 1 saturated heterocycles. The number of ether oxygens (including phenoxy) is 1. The van der Waals surface area contributed by atoms with Gasteiger partial charge in [0.25, 0.3) is 0 Å². The summed E-state index contributed by atoms with van der Waals surface area (Å²) in [5.41, 5.74) is 2.19. The van der Waals surface area contributed by atoms with E-state index < -0.39 is 0 Å². The SMILES string of the molecule is Cc1nc(SCC(=O)N[C@H](C)C(C)C)n(C[C@@H]2CCCO2)c1C. The van der Waals surface area contributed by atoms with Gasteiger partial charge >= 0.3 is 0 Å². The van der Waals surface area contributed by atoms with Crippen LogP contribution in [0, 0.1) is 19.8 Å². The summed E-state index contributed by atoms with van der Waals surface area (Å²) in [5, 5.41) is 3.96. The number of nitrogens with zero attached hydrogens (tertiary/aromatic N) is 2. The van der Waals surface area contributed by atoms with Crippen molar-refractivity contribution in [3.63, 3.8) is 0 Å². The highest BCUT2D eigenvalue weighted by Gasteiger charge is 2.21. The number of rotatable bonds is 7. The zero-order valence-electron chi connectivity index (χ0n) is 14.9. The Kier molecular flexibility index (Phi) is 6.53. The summed E-state index contributed by atoms with van der Waals surface area (Å²) in [5.74, 6) is 0.909. The number of aromatic nitrogens is 2. The first-order valence-corrected chi connectivity index (χ1v) is 9.44. The van der Waals surface area contributed by atoms with Crippen LogP contribution in [0.1, 0.15) is 45.0 Å². The molecule has 0 unspecified atom stereocenters. The Labute approximate surface area is 143 Å². The molecule has 130 valence electrons. The maximum Gasteiger partial charge on any atom is 0.230 e. The standard InChI is InChI=1S/C17H29N3O2S/c1-11(2)12(3)18-16(21)10-23-17-19-13(4)14(5)20(17)9-15-7-6-8-22-15/h11-12,15H,6-10H2,1-5H3,(H,18,21)/t12-,15+/m1/s1. The highest BCUT2D eigenvalue weighted by molar-refractivity contribution is 7.99. The minimum Gasteiger partial charge on any atom is -0.376 e. The average Bonchev–Trinajstić information content (AvgIpc) is 3.09. The summed E-state index contributed by atoms with van der Waals surface area (Å²) in [6, 6.07) is 0.193. The molecule has 1 amide bonds. The van der Waals surface area contributed by atoms with Crippen LogP contribution in [0.3, 0.4) is 0 Å². The topological polar surface area (TPSA) is 56.2 Å². The quantitative estimate of drug-likeness (QED) is 0.776. The minimum atomic E-state index is 0.0678. The normalized spacial score (nSPS) is 19.3. The Hall–Kier alpha value is -1.01. The molecule has 6 heteroatoms. The van der Waals surface area contributed by atoms with E-state index in [0.717, 1.165) is 36.8 Å². The Balaban J connectivity index is 1.96. The molecule has 1 aromatic heterocycles. The molecule has 0 spiro atoms. The van der Waals surface area contributed by atoms with Gasteiger partial charge in [-0.3, -0.25) is 4.79 Å². The summed E-state index contributed by atoms with van der Waals surface area (Å²) in [7, 11) is 0. The number of carbonyl (C=O) groups is 1. The van der Waals surface area contributed by atoms with Crippen molar-refractivity contribution in [3.8, 4) is 0 Å². The van der Waals surface area contributed by atoms with Crippen molar-refractivity contribution in [2.24, 2.45) is 5.92 Å². The van der Waals surface area contributed by atoms with Crippen molar-refractivity contribution in [3.05, 3.63) is 11.4 Å². The van der Waals surface area contributed by atoms with E-state index in [1.807, 2.05) is 13.8 Å². The lowest BCUT2D eigenvalue weighted by atomic mass is 10.1. The van der Waals surface area contributed by atoms with Crippen LogP contribution in [-0.4, -0.2) is 40.0 Å². The van der Waals surface area contributed by atoms with Gasteiger partial charge in [0.1, 0.15) is 0 Å². The van der Waals surface area contributed by atoms with Gasteiger partial charge in [0.05, 0.1) is 24.1 Å². The van der Waals surface area contributed by atoms with Crippen molar-refractivity contribution in [2.75, 3.05) is 12.4 Å². The molecule has 2 atom stereocenters. The first kappa shape index (κ1) is 18.3. The number of aryl methyl sites for hydroxylation is 1. The monoisotopic (exact) mass is 339 g/mol. The number of carbonyl (C=O) groups excluding carboxylic acids is 1. The van der Waals surface area contributed by atoms with Gasteiger partial charge in [0, 0.05) is 18.3 Å². The van der Waals surface area contributed by atoms with E-state index in [2.05, 4.69) is 35.6 Å². The van der Waals surface area contributed by atoms with E-state index >= 15 is 0 Å². The van der Waals surface area contributed by atoms with Gasteiger partial charge in [0.2, 0.25) is 5.91 Å². The summed E-state index contributed by atoms with van der Waals surface area (Å²) >= 11 is 1.51. The number of nitrogens with one attached hydrogen (secondary N) is 1. The van der Waals surface area contributed by atoms with Crippen LogP contribution in [0.4, 0.5) is 0 Å². The van der Waals surface area contributed by atoms with Crippen LogP contribution in [0.25, 0.3) is 0 Å². The zero-order valence-corrected chi connectivity index (χ0v) is 15.7. The Morgan fingerprint density at radius 2 is 2.17 bits per heavy atom. The highest BCUT2D eigenvalue weighted by Crippen LogP contribution is 2.24. The van der Waals surface area contributed by atoms with E-state index in [4.69, 9.17) is 4.74 Å². The second-order valence-electron chi connectivity index (χ2n) is 6.70. The van der Waals surface area contributed by atoms with Crippen molar-refractivity contribution >= 4 is 17.7 Å². The molecule has 2 rings (SSSR count). The van der Waals surface area contributed by atoms with Gasteiger partial charge in [0.15, 0.2) is 5.16 Å². The Morgan fingerprint density at radius 1 is 1.43 bits per heavy atom. The summed E-state index contributed by atoms with van der Waals surface area (Å²) in [6.07, 6.45) is 2.51. The molecule has 0 aromatic carbocycles. The largest absolute Gasteiger partial charge is 0.376 e. The molecule has 1 aromatic rings. The number of hydrogen-bond acceptors (Lipinski definition) is 4. The van der Waals surface area contributed by atoms with Gasteiger partial charge in [-0.1, -0.05) is 25.6 Å². The maximum absolute atomic E-state index is 12.1. The molecule has 0 aliphatic carbocycles. The minimum absolute atomic E-state index is 0.0678. The van der Waals surface area contributed by atoms with E-state index in [-0.39, 0.29) is 18.1 Å². The van der Waals surface area contributed by atoms with E-state index in [0.29, 0.717) is 11.7 Å². The zero-order chi connectivity index (χ0) is 17.0. The molecule has 1 N–H and O–H groups in total. The van der Waals surface area contributed by atoms with Gasteiger partial charge in [-0.2, -0.15) is 0 Å². The lowest BCUT2D eigenvalue weighted by Gasteiger charge is -2.17. The smallest absolute Gasteiger partial charge is 0.230 e. The second kappa shape index (κ2) is 8.20. The van der Waals surface area contributed by atoms with Crippen molar-refractivity contribution in [1.29, 1.82) is 0 Å². The summed E-state index contributed by atoms with van der Waals surface area (Å²) in [4.78, 5) is 16.7. The molecule has 0 saturated carbocycles. The number of hydrogen-bond donors (Lipinski definition) is 1. The van der Waals surface area contributed by atoms with Gasteiger partial charge in [-0.15, -0.1) is 0 Å². The predicted molar refractivity (Wildman–Crippen MR) is 93.8 cm³/mol. The fraction of sp³-hybridized carbons (Fsp3) is 0.765. The van der Waals surface area contributed by atoms with E-state index in [1.165, 1.54) is 17.5 Å². The Morgan fingerprint density at radius 3 is 2.78 bits per heavy atom. The molecule has 1 aliphatic heterocycles. The Bertz CT molecular complexity index is 536. The van der Waals surface area contributed by atoms with Crippen LogP contribution in [0.15, 0.2) is 5.16 Å². The van der Waals surface area contributed by atoms with Crippen LogP contribution in [-0.2, 0) is 16.1 Å². The highest BCUT2D eigenvalue weighted by atomic mass is 32.2. The van der Waals surface area contributed by atoms with E-state index in [1.54, 1.807) is 0 Å². The number of imidazole rings is 1. The summed E-state index contributed by atoms with van der Waals surface area (Å²) < 4.78 is 7.95. The molecule has 1 fully saturated rings. The maximum atomic E-state index is 12.1. The van der Waals surface area contributed by atoms with Gasteiger partial charge in [-0.05, 0) is 39.5 Å². The second-order valence-corrected chi connectivity index (χ2v) is 7.64. The van der Waals surface area contributed by atoms with Crippen LogP contribution in [0.2, 0.25) is 0 Å². The van der Waals surface area contributed by atoms with Crippen LogP contribution >= 0.6 is 11.8 Å². The first-order valence-electron chi connectivity index (χ1n) is 8.46. The van der Waals surface area contributed by atoms with Crippen molar-refractivity contribution in [1.82, 2.24) is 14.9 Å². The van der Waals surface area contributed by atoms with Gasteiger partial charge < -0.3 is 14.6 Å². The molecular formula is C17H29N3O2S. The molecule has 0 radical (unpaired) electrons. The summed E-state index contributed by atoms with van der Waals surface area (Å²) in [6.45, 7) is 12.1. The van der Waals surface area contributed by atoms with Crippen molar-refractivity contribution < 1.29 is 9.53 Å². The van der Waals surface area contributed by atoms with Crippen LogP contribution in [0.5, 0.6) is 0 Å². The third-order valence-electron chi connectivity index (χ3n) is 4.55. The lowest BCUT2D eigenvalue weighted by Crippen LogP contribution is -2.37. The first-order chi connectivity index (χ1) is 10.9. The molecule has 1 aliphatic rings. The molecule has 0 bridgehead atoms. The van der Waals surface area contributed by atoms with Gasteiger partial charge in [-0.25, -0.2) is 4.98 Å². The fourth-order valence-corrected chi connectivity index (χ4v) is 3.45. The van der Waals surface area contributed by atoms with E-state index in [9.17, 15) is 4.79 Å². The lowest BCUT2D eigenvalue weighted by molar-refractivity contribution is -0.119. The van der Waals surface area contributed by atoms with Crippen molar-refractivity contribution in [2.45, 2.75) is 71.3 Å². The fourth-order valence-electron chi connectivity index (χ4n) is 2.53. The van der Waals surface area contributed by atoms with Crippen LogP contribution < -0.4 is 5.32 Å². The average molecular weight is 340 g/mol.